The summed E-state index contributed by atoms with van der Waals surface area (Å²) >= 11 is 0. The predicted molar refractivity (Wildman–Crippen MR) is 67.9 cm³/mol. The topological polar surface area (TPSA) is 95.9 Å². The second-order valence-corrected chi connectivity index (χ2v) is 3.70. The number of aliphatic hydroxyl groups excluding tert-OH is 1. The molecule has 3 N–H and O–H groups in total. The maximum absolute atomic E-state index is 11.4. The van der Waals surface area contributed by atoms with E-state index in [-0.39, 0.29) is 18.8 Å². The van der Waals surface area contributed by atoms with E-state index in [2.05, 4.69) is 11.9 Å². The van der Waals surface area contributed by atoms with Crippen molar-refractivity contribution in [3.8, 4) is 0 Å². The van der Waals surface area contributed by atoms with Crippen LogP contribution >= 0.6 is 0 Å². The Morgan fingerprint density at radius 1 is 1.47 bits per heavy atom. The van der Waals surface area contributed by atoms with Gasteiger partial charge in [-0.25, -0.2) is 9.59 Å². The van der Waals surface area contributed by atoms with Gasteiger partial charge in [-0.2, -0.15) is 0 Å². The van der Waals surface area contributed by atoms with E-state index in [1.807, 2.05) is 0 Å². The van der Waals surface area contributed by atoms with Gasteiger partial charge < -0.3 is 20.3 Å². The van der Waals surface area contributed by atoms with Gasteiger partial charge in [-0.1, -0.05) is 24.8 Å². The number of aliphatic hydroxyl groups is 1. The largest absolute Gasteiger partial charge is 0.478 e. The highest BCUT2D eigenvalue weighted by Crippen LogP contribution is 2.14. The lowest BCUT2D eigenvalue weighted by Crippen LogP contribution is -2.31. The summed E-state index contributed by atoms with van der Waals surface area (Å²) in [6.07, 6.45) is 0.707. The summed E-state index contributed by atoms with van der Waals surface area (Å²) in [5.74, 6) is -1.08. The highest BCUT2D eigenvalue weighted by Gasteiger charge is 2.15. The molecule has 0 aromatic heterocycles. The summed E-state index contributed by atoms with van der Waals surface area (Å²) < 4.78 is 4.73. The number of amides is 1. The smallest absolute Gasteiger partial charge is 0.408 e. The maximum atomic E-state index is 11.4. The number of rotatable bonds is 6. The van der Waals surface area contributed by atoms with Crippen LogP contribution in [0.5, 0.6) is 0 Å². The molecule has 0 aliphatic heterocycles. The molecule has 1 unspecified atom stereocenters. The molecule has 0 aliphatic carbocycles. The molecule has 0 fully saturated rings. The predicted octanol–water partition coefficient (Wildman–Crippen LogP) is 1.33. The molecule has 0 radical (unpaired) electrons. The number of aromatic carboxylic acids is 1. The Morgan fingerprint density at radius 3 is 2.79 bits per heavy atom. The molecular formula is C13H15NO5. The van der Waals surface area contributed by atoms with E-state index in [0.717, 1.165) is 0 Å². The molecule has 1 amide bonds. The first-order valence-electron chi connectivity index (χ1n) is 5.56. The van der Waals surface area contributed by atoms with Crippen molar-refractivity contribution in [1.82, 2.24) is 5.32 Å². The fourth-order valence-corrected chi connectivity index (χ4v) is 1.44. The molecule has 1 rings (SSSR count). The van der Waals surface area contributed by atoms with Crippen molar-refractivity contribution in [2.45, 2.75) is 6.04 Å². The molecule has 1 atom stereocenters. The molecule has 0 saturated carbocycles. The molecule has 102 valence electrons. The van der Waals surface area contributed by atoms with Crippen LogP contribution in [0.1, 0.15) is 22.0 Å². The van der Waals surface area contributed by atoms with Gasteiger partial charge in [0.1, 0.15) is 6.61 Å². The van der Waals surface area contributed by atoms with E-state index in [9.17, 15) is 14.7 Å². The highest BCUT2D eigenvalue weighted by atomic mass is 16.5. The van der Waals surface area contributed by atoms with Gasteiger partial charge in [-0.3, -0.25) is 0 Å². The van der Waals surface area contributed by atoms with E-state index < -0.39 is 18.1 Å². The quantitative estimate of drug-likeness (QED) is 0.674. The molecule has 1 aromatic carbocycles. The van der Waals surface area contributed by atoms with Crippen molar-refractivity contribution in [1.29, 1.82) is 0 Å². The number of hydrogen-bond acceptors (Lipinski definition) is 4. The molecule has 6 heteroatoms. The number of carboxylic acid groups (broad SMARTS) is 1. The van der Waals surface area contributed by atoms with Gasteiger partial charge in [-0.15, -0.1) is 0 Å². The fourth-order valence-electron chi connectivity index (χ4n) is 1.44. The molecule has 19 heavy (non-hydrogen) atoms. The lowest BCUT2D eigenvalue weighted by Gasteiger charge is -2.16. The third-order valence-corrected chi connectivity index (χ3v) is 2.34. The number of carbonyl (C=O) groups is 2. The van der Waals surface area contributed by atoms with Crippen LogP contribution in [-0.4, -0.2) is 35.5 Å². The molecular weight excluding hydrogens is 250 g/mol. The third-order valence-electron chi connectivity index (χ3n) is 2.34. The number of alkyl carbamates (subject to hydrolysis) is 1. The summed E-state index contributed by atoms with van der Waals surface area (Å²) in [6.45, 7) is 3.09. The lowest BCUT2D eigenvalue weighted by molar-refractivity contribution is 0.0696. The van der Waals surface area contributed by atoms with Gasteiger partial charge in [0.05, 0.1) is 18.2 Å². The first-order valence-corrected chi connectivity index (χ1v) is 5.56. The number of carboxylic acids is 1. The third kappa shape index (κ3) is 4.44. The summed E-state index contributed by atoms with van der Waals surface area (Å²) in [7, 11) is 0. The standard InChI is InChI=1S/C13H15NO5/c1-2-6-19-13(18)14-11(8-15)9-4-3-5-10(7-9)12(16)17/h2-5,7,11,15H,1,6,8H2,(H,14,18)(H,16,17). The summed E-state index contributed by atoms with van der Waals surface area (Å²) in [6, 6.07) is 5.24. The molecule has 0 aliphatic rings. The second kappa shape index (κ2) is 7.17. The minimum absolute atomic E-state index is 0.0547. The average Bonchev–Trinajstić information content (AvgIpc) is 2.42. The Labute approximate surface area is 110 Å². The van der Waals surface area contributed by atoms with Crippen molar-refractivity contribution in [3.05, 3.63) is 48.0 Å². The summed E-state index contributed by atoms with van der Waals surface area (Å²) in [5, 5.41) is 20.6. The highest BCUT2D eigenvalue weighted by molar-refractivity contribution is 5.87. The Kier molecular flexibility index (Phi) is 5.56. The van der Waals surface area contributed by atoms with Gasteiger partial charge in [0.2, 0.25) is 0 Å². The minimum Gasteiger partial charge on any atom is -0.478 e. The molecule has 0 saturated heterocycles. The molecule has 0 bridgehead atoms. The monoisotopic (exact) mass is 265 g/mol. The summed E-state index contributed by atoms with van der Waals surface area (Å²) in [4.78, 5) is 22.2. The van der Waals surface area contributed by atoms with Gasteiger partial charge in [0.15, 0.2) is 0 Å². The van der Waals surface area contributed by atoms with Crippen LogP contribution in [0.25, 0.3) is 0 Å². The van der Waals surface area contributed by atoms with Crippen LogP contribution in [0, 0.1) is 0 Å². The van der Waals surface area contributed by atoms with Crippen LogP contribution in [0.3, 0.4) is 0 Å². The van der Waals surface area contributed by atoms with Crippen LogP contribution < -0.4 is 5.32 Å². The molecule has 0 spiro atoms. The number of nitrogens with one attached hydrogen (secondary N) is 1. The van der Waals surface area contributed by atoms with E-state index in [1.54, 1.807) is 6.07 Å². The number of carbonyl (C=O) groups excluding carboxylic acids is 1. The van der Waals surface area contributed by atoms with Crippen molar-refractivity contribution >= 4 is 12.1 Å². The summed E-state index contributed by atoms with van der Waals surface area (Å²) in [5.41, 5.74) is 0.565. The molecule has 0 heterocycles. The van der Waals surface area contributed by atoms with Gasteiger partial charge in [-0.05, 0) is 17.7 Å². The zero-order valence-corrected chi connectivity index (χ0v) is 10.2. The van der Waals surface area contributed by atoms with E-state index in [1.165, 1.54) is 24.3 Å². The van der Waals surface area contributed by atoms with Crippen LogP contribution in [-0.2, 0) is 4.74 Å². The Bertz CT molecular complexity index is 472. The van der Waals surface area contributed by atoms with E-state index in [0.29, 0.717) is 5.56 Å². The Balaban J connectivity index is 2.79. The first-order chi connectivity index (χ1) is 9.08. The van der Waals surface area contributed by atoms with Gasteiger partial charge in [0, 0.05) is 0 Å². The zero-order valence-electron chi connectivity index (χ0n) is 10.2. The average molecular weight is 265 g/mol. The number of ether oxygens (including phenoxy) is 1. The van der Waals surface area contributed by atoms with Crippen molar-refractivity contribution in [2.75, 3.05) is 13.2 Å². The van der Waals surface area contributed by atoms with Crippen LogP contribution in [0.4, 0.5) is 4.79 Å². The Hall–Kier alpha value is -2.34. The van der Waals surface area contributed by atoms with E-state index >= 15 is 0 Å². The van der Waals surface area contributed by atoms with Gasteiger partial charge >= 0.3 is 12.1 Å². The maximum Gasteiger partial charge on any atom is 0.408 e. The fraction of sp³-hybridized carbons (Fsp3) is 0.231. The second-order valence-electron chi connectivity index (χ2n) is 3.70. The molecule has 6 nitrogen and oxygen atoms in total. The van der Waals surface area contributed by atoms with Crippen molar-refractivity contribution in [3.63, 3.8) is 0 Å². The number of hydrogen-bond donors (Lipinski definition) is 3. The van der Waals surface area contributed by atoms with Gasteiger partial charge in [0.25, 0.3) is 0 Å². The van der Waals surface area contributed by atoms with Crippen molar-refractivity contribution in [2.24, 2.45) is 0 Å². The van der Waals surface area contributed by atoms with Crippen molar-refractivity contribution < 1.29 is 24.5 Å². The van der Waals surface area contributed by atoms with Crippen LogP contribution in [0.15, 0.2) is 36.9 Å². The molecule has 1 aromatic rings. The van der Waals surface area contributed by atoms with E-state index in [4.69, 9.17) is 9.84 Å². The first kappa shape index (κ1) is 14.7. The Morgan fingerprint density at radius 2 is 2.21 bits per heavy atom. The normalized spacial score (nSPS) is 11.4. The number of benzene rings is 1. The zero-order chi connectivity index (χ0) is 14.3. The van der Waals surface area contributed by atoms with Crippen LogP contribution in [0.2, 0.25) is 0 Å². The minimum atomic E-state index is -1.08. The SMILES string of the molecule is C=CCOC(=O)NC(CO)c1cccc(C(=O)O)c1. The lowest BCUT2D eigenvalue weighted by atomic mass is 10.0.